The van der Waals surface area contributed by atoms with E-state index in [2.05, 4.69) is 67.3 Å². The molecule has 2 heteroatoms. The molecule has 1 atom stereocenters. The molecule has 2 aromatic carbocycles. The molecule has 2 nitrogen and oxygen atoms in total. The number of rotatable bonds is 1. The third-order valence-corrected chi connectivity index (χ3v) is 6.07. The Kier molecular flexibility index (Phi) is 3.66. The third-order valence-electron chi connectivity index (χ3n) is 6.07. The highest BCUT2D eigenvalue weighted by atomic mass is 16.3. The van der Waals surface area contributed by atoms with Crippen molar-refractivity contribution >= 4 is 5.69 Å². The van der Waals surface area contributed by atoms with Crippen molar-refractivity contribution in [1.29, 1.82) is 0 Å². The van der Waals surface area contributed by atoms with Crippen LogP contribution < -0.4 is 4.90 Å². The van der Waals surface area contributed by atoms with E-state index in [1.54, 1.807) is 0 Å². The topological polar surface area (TPSA) is 16.4 Å². The van der Waals surface area contributed by atoms with Crippen molar-refractivity contribution < 1.29 is 4.42 Å². The number of piperidine rings is 1. The van der Waals surface area contributed by atoms with Gasteiger partial charge in [0.15, 0.2) is 0 Å². The van der Waals surface area contributed by atoms with Crippen molar-refractivity contribution in [1.82, 2.24) is 0 Å². The number of hydrogen-bond acceptors (Lipinski definition) is 2. The fourth-order valence-electron chi connectivity index (χ4n) is 4.74. The van der Waals surface area contributed by atoms with Crippen molar-refractivity contribution in [3.05, 3.63) is 76.5 Å². The van der Waals surface area contributed by atoms with Gasteiger partial charge in [-0.1, -0.05) is 48.0 Å². The van der Waals surface area contributed by atoms with Gasteiger partial charge in [-0.3, -0.25) is 0 Å². The number of para-hydroxylation sites is 1. The third kappa shape index (κ3) is 2.39. The summed E-state index contributed by atoms with van der Waals surface area (Å²) in [4.78, 5) is 2.64. The van der Waals surface area contributed by atoms with E-state index in [1.165, 1.54) is 52.8 Å². The van der Waals surface area contributed by atoms with Gasteiger partial charge in [-0.25, -0.2) is 0 Å². The molecule has 0 amide bonds. The molecule has 3 aromatic rings. The lowest BCUT2D eigenvalue weighted by Gasteiger charge is -2.37. The Morgan fingerprint density at radius 1 is 0.962 bits per heavy atom. The van der Waals surface area contributed by atoms with E-state index >= 15 is 0 Å². The van der Waals surface area contributed by atoms with Crippen molar-refractivity contribution in [2.24, 2.45) is 0 Å². The van der Waals surface area contributed by atoms with Crippen LogP contribution in [0.4, 0.5) is 5.69 Å². The summed E-state index contributed by atoms with van der Waals surface area (Å²) in [6.45, 7) is 5.41. The molecule has 5 rings (SSSR count). The fraction of sp³-hybridized carbons (Fsp3) is 0.333. The Bertz CT molecular complexity index is 951. The normalized spacial score (nSPS) is 18.7. The molecule has 0 radical (unpaired) electrons. The van der Waals surface area contributed by atoms with Gasteiger partial charge in [0.2, 0.25) is 0 Å². The molecule has 0 bridgehead atoms. The minimum Gasteiger partial charge on any atom is -0.461 e. The van der Waals surface area contributed by atoms with Crippen LogP contribution in [0.15, 0.2) is 52.9 Å². The number of furan rings is 1. The van der Waals surface area contributed by atoms with Crippen LogP contribution in [0.1, 0.15) is 53.3 Å². The summed E-state index contributed by atoms with van der Waals surface area (Å²) in [6, 6.07) is 18.1. The molecule has 0 saturated carbocycles. The first-order chi connectivity index (χ1) is 12.7. The van der Waals surface area contributed by atoms with Gasteiger partial charge in [0.05, 0.1) is 6.04 Å². The van der Waals surface area contributed by atoms with E-state index in [9.17, 15) is 0 Å². The Hall–Kier alpha value is -2.48. The summed E-state index contributed by atoms with van der Waals surface area (Å²) in [5.74, 6) is 2.17. The molecule has 0 spiro atoms. The molecule has 2 aliphatic heterocycles. The number of hydrogen-bond donors (Lipinski definition) is 0. The molecular formula is C24H25NO. The van der Waals surface area contributed by atoms with Gasteiger partial charge < -0.3 is 9.32 Å². The summed E-state index contributed by atoms with van der Waals surface area (Å²) >= 11 is 0. The maximum absolute atomic E-state index is 6.39. The van der Waals surface area contributed by atoms with Gasteiger partial charge in [0.25, 0.3) is 0 Å². The Morgan fingerprint density at radius 2 is 1.77 bits per heavy atom. The minimum absolute atomic E-state index is 0.427. The lowest BCUT2D eigenvalue weighted by atomic mass is 9.90. The summed E-state index contributed by atoms with van der Waals surface area (Å²) in [6.07, 6.45) is 4.75. The number of anilines is 1. The maximum atomic E-state index is 6.39. The zero-order valence-corrected chi connectivity index (χ0v) is 15.6. The van der Waals surface area contributed by atoms with E-state index in [4.69, 9.17) is 4.42 Å². The van der Waals surface area contributed by atoms with Crippen LogP contribution in [-0.4, -0.2) is 6.54 Å². The predicted molar refractivity (Wildman–Crippen MR) is 107 cm³/mol. The van der Waals surface area contributed by atoms with Crippen molar-refractivity contribution in [2.75, 3.05) is 11.4 Å². The molecule has 0 aliphatic carbocycles. The molecule has 1 aromatic heterocycles. The SMILES string of the molecule is Cc1ccc(-c2oc(C)c3c2[C@@H]2CCCCN2c2ccccc2C3)cc1. The Labute approximate surface area is 155 Å². The lowest BCUT2D eigenvalue weighted by molar-refractivity contribution is 0.469. The summed E-state index contributed by atoms with van der Waals surface area (Å²) < 4.78 is 6.39. The van der Waals surface area contributed by atoms with Gasteiger partial charge in [-0.2, -0.15) is 0 Å². The van der Waals surface area contributed by atoms with Crippen molar-refractivity contribution in [2.45, 2.75) is 45.6 Å². The molecule has 1 fully saturated rings. The zero-order chi connectivity index (χ0) is 17.7. The fourth-order valence-corrected chi connectivity index (χ4v) is 4.74. The Morgan fingerprint density at radius 3 is 2.62 bits per heavy atom. The van der Waals surface area contributed by atoms with Crippen LogP contribution in [0.3, 0.4) is 0 Å². The molecule has 0 N–H and O–H groups in total. The van der Waals surface area contributed by atoms with Crippen LogP contribution in [0.2, 0.25) is 0 Å². The average molecular weight is 343 g/mol. The van der Waals surface area contributed by atoms with Crippen molar-refractivity contribution in [3.63, 3.8) is 0 Å². The van der Waals surface area contributed by atoms with Gasteiger partial charge >= 0.3 is 0 Å². The summed E-state index contributed by atoms with van der Waals surface area (Å²) in [5.41, 5.74) is 8.18. The Balaban J connectivity index is 1.73. The van der Waals surface area contributed by atoms with E-state index in [1.807, 2.05) is 0 Å². The molecule has 0 unspecified atom stereocenters. The first-order valence-electron chi connectivity index (χ1n) is 9.76. The molecule has 3 heterocycles. The predicted octanol–water partition coefficient (Wildman–Crippen LogP) is 6.20. The van der Waals surface area contributed by atoms with Gasteiger partial charge in [-0.05, 0) is 44.7 Å². The second kappa shape index (κ2) is 6.05. The monoisotopic (exact) mass is 343 g/mol. The summed E-state index contributed by atoms with van der Waals surface area (Å²) in [5, 5.41) is 0. The highest BCUT2D eigenvalue weighted by Crippen LogP contribution is 2.47. The van der Waals surface area contributed by atoms with Crippen LogP contribution in [0.25, 0.3) is 11.3 Å². The number of benzene rings is 2. The maximum Gasteiger partial charge on any atom is 0.139 e. The molecule has 132 valence electrons. The van der Waals surface area contributed by atoms with E-state index in [-0.39, 0.29) is 0 Å². The van der Waals surface area contributed by atoms with E-state index < -0.39 is 0 Å². The molecule has 1 saturated heterocycles. The standard InChI is InChI=1S/C24H25NO/c1-16-10-12-18(13-11-16)24-23-20(17(2)26-24)15-19-7-3-4-8-21(19)25-14-6-5-9-22(23)25/h3-4,7-8,10-13,22H,5-6,9,14-15H2,1-2H3/t22-/m0/s1. The number of aryl methyl sites for hydroxylation is 2. The highest BCUT2D eigenvalue weighted by Gasteiger charge is 2.35. The van der Waals surface area contributed by atoms with Gasteiger partial charge in [0, 0.05) is 35.3 Å². The quantitative estimate of drug-likeness (QED) is 0.523. The van der Waals surface area contributed by atoms with Crippen LogP contribution >= 0.6 is 0 Å². The number of nitrogens with zero attached hydrogens (tertiary/aromatic N) is 1. The second-order valence-corrected chi connectivity index (χ2v) is 7.76. The van der Waals surface area contributed by atoms with Crippen LogP contribution in [0, 0.1) is 13.8 Å². The zero-order valence-electron chi connectivity index (χ0n) is 15.6. The van der Waals surface area contributed by atoms with Crippen LogP contribution in [-0.2, 0) is 6.42 Å². The first kappa shape index (κ1) is 15.7. The highest BCUT2D eigenvalue weighted by molar-refractivity contribution is 5.70. The van der Waals surface area contributed by atoms with Gasteiger partial charge in [0.1, 0.15) is 11.5 Å². The second-order valence-electron chi connectivity index (χ2n) is 7.76. The average Bonchev–Trinajstić information content (AvgIpc) is 2.91. The van der Waals surface area contributed by atoms with Crippen molar-refractivity contribution in [3.8, 4) is 11.3 Å². The molecule has 26 heavy (non-hydrogen) atoms. The first-order valence-corrected chi connectivity index (χ1v) is 9.76. The summed E-state index contributed by atoms with van der Waals surface area (Å²) in [7, 11) is 0. The lowest BCUT2D eigenvalue weighted by Crippen LogP contribution is -2.33. The van der Waals surface area contributed by atoms with Gasteiger partial charge in [-0.15, -0.1) is 0 Å². The smallest absolute Gasteiger partial charge is 0.139 e. The minimum atomic E-state index is 0.427. The van der Waals surface area contributed by atoms with E-state index in [0.29, 0.717) is 6.04 Å². The largest absolute Gasteiger partial charge is 0.461 e. The molecule has 2 aliphatic rings. The number of fused-ring (bicyclic) bond motifs is 5. The molecular weight excluding hydrogens is 318 g/mol. The van der Waals surface area contributed by atoms with E-state index in [0.717, 1.165) is 24.5 Å². The van der Waals surface area contributed by atoms with Crippen LogP contribution in [0.5, 0.6) is 0 Å².